The Hall–Kier alpha value is -1.10. The van der Waals surface area contributed by atoms with Crippen molar-refractivity contribution in [2.75, 3.05) is 13.7 Å². The molecule has 2 heterocycles. The number of ether oxygens (including phenoxy) is 1. The third kappa shape index (κ3) is 3.26. The lowest BCUT2D eigenvalue weighted by Gasteiger charge is -2.19. The number of hydrogen-bond donors (Lipinski definition) is 1. The van der Waals surface area contributed by atoms with Crippen LogP contribution in [0.3, 0.4) is 0 Å². The SMILES string of the molecule is CCCNC(c1cccnc1OC)c1sccc1Cl. The van der Waals surface area contributed by atoms with Gasteiger partial charge in [-0.1, -0.05) is 24.6 Å². The monoisotopic (exact) mass is 296 g/mol. The van der Waals surface area contributed by atoms with Gasteiger partial charge in [-0.25, -0.2) is 4.98 Å². The lowest BCUT2D eigenvalue weighted by Crippen LogP contribution is -2.23. The molecule has 5 heteroatoms. The van der Waals surface area contributed by atoms with Crippen LogP contribution >= 0.6 is 22.9 Å². The molecule has 19 heavy (non-hydrogen) atoms. The fraction of sp³-hybridized carbons (Fsp3) is 0.357. The zero-order valence-electron chi connectivity index (χ0n) is 11.0. The average molecular weight is 297 g/mol. The number of nitrogens with one attached hydrogen (secondary N) is 1. The molecule has 3 nitrogen and oxygen atoms in total. The molecule has 2 aromatic heterocycles. The first-order valence-electron chi connectivity index (χ1n) is 6.23. The van der Waals surface area contributed by atoms with Gasteiger partial charge in [0, 0.05) is 16.6 Å². The lowest BCUT2D eigenvalue weighted by molar-refractivity contribution is 0.387. The van der Waals surface area contributed by atoms with Crippen LogP contribution in [0.25, 0.3) is 0 Å². The summed E-state index contributed by atoms with van der Waals surface area (Å²) in [7, 11) is 1.64. The maximum atomic E-state index is 6.27. The number of rotatable bonds is 6. The second kappa shape index (κ2) is 6.89. The Morgan fingerprint density at radius 2 is 2.32 bits per heavy atom. The number of pyridine rings is 1. The number of aromatic nitrogens is 1. The van der Waals surface area contributed by atoms with E-state index in [1.807, 2.05) is 23.6 Å². The Kier molecular flexibility index (Phi) is 5.19. The molecule has 0 fully saturated rings. The topological polar surface area (TPSA) is 34.2 Å². The van der Waals surface area contributed by atoms with Gasteiger partial charge in [-0.2, -0.15) is 0 Å². The van der Waals surface area contributed by atoms with Crippen molar-refractivity contribution < 1.29 is 4.74 Å². The molecule has 1 atom stereocenters. The molecule has 0 aliphatic heterocycles. The Morgan fingerprint density at radius 1 is 1.47 bits per heavy atom. The van der Waals surface area contributed by atoms with Crippen LogP contribution in [0.15, 0.2) is 29.8 Å². The smallest absolute Gasteiger partial charge is 0.218 e. The average Bonchev–Trinajstić information content (AvgIpc) is 2.86. The number of thiophene rings is 1. The van der Waals surface area contributed by atoms with Crippen molar-refractivity contribution in [2.45, 2.75) is 19.4 Å². The summed E-state index contributed by atoms with van der Waals surface area (Å²) >= 11 is 7.91. The van der Waals surface area contributed by atoms with Crippen molar-refractivity contribution in [1.82, 2.24) is 10.3 Å². The lowest BCUT2D eigenvalue weighted by atomic mass is 10.1. The van der Waals surface area contributed by atoms with Gasteiger partial charge in [0.1, 0.15) is 0 Å². The maximum absolute atomic E-state index is 6.27. The standard InChI is InChI=1S/C14H17ClN2OS/c1-3-7-16-12(13-11(15)6-9-19-13)10-5-4-8-17-14(10)18-2/h4-6,8-9,12,16H,3,7H2,1-2H3. The molecular formula is C14H17ClN2OS. The number of hydrogen-bond acceptors (Lipinski definition) is 4. The van der Waals surface area contributed by atoms with Gasteiger partial charge in [0.15, 0.2) is 0 Å². The molecule has 0 spiro atoms. The van der Waals surface area contributed by atoms with Crippen LogP contribution in [-0.2, 0) is 0 Å². The van der Waals surface area contributed by atoms with E-state index in [1.165, 1.54) is 0 Å². The van der Waals surface area contributed by atoms with Gasteiger partial charge in [-0.3, -0.25) is 0 Å². The fourth-order valence-electron chi connectivity index (χ4n) is 1.94. The van der Waals surface area contributed by atoms with E-state index in [4.69, 9.17) is 16.3 Å². The minimum absolute atomic E-state index is 0.0242. The minimum Gasteiger partial charge on any atom is -0.481 e. The highest BCUT2D eigenvalue weighted by Crippen LogP contribution is 2.35. The molecule has 0 aromatic carbocycles. The predicted molar refractivity (Wildman–Crippen MR) is 80.3 cm³/mol. The van der Waals surface area contributed by atoms with Gasteiger partial charge in [-0.05, 0) is 30.5 Å². The largest absolute Gasteiger partial charge is 0.481 e. The van der Waals surface area contributed by atoms with Gasteiger partial charge < -0.3 is 10.1 Å². The van der Waals surface area contributed by atoms with E-state index in [-0.39, 0.29) is 6.04 Å². The second-order valence-electron chi connectivity index (χ2n) is 4.12. The fourth-order valence-corrected chi connectivity index (χ4v) is 3.20. The van der Waals surface area contributed by atoms with Crippen LogP contribution in [0.1, 0.15) is 29.8 Å². The van der Waals surface area contributed by atoms with Crippen molar-refractivity contribution >= 4 is 22.9 Å². The van der Waals surface area contributed by atoms with E-state index in [2.05, 4.69) is 17.2 Å². The van der Waals surface area contributed by atoms with Crippen LogP contribution in [0.5, 0.6) is 5.88 Å². The molecule has 0 aliphatic carbocycles. The summed E-state index contributed by atoms with van der Waals surface area (Å²) in [5, 5.41) is 6.29. The molecule has 0 amide bonds. The molecule has 102 valence electrons. The summed E-state index contributed by atoms with van der Waals surface area (Å²) in [6, 6.07) is 5.89. The summed E-state index contributed by atoms with van der Waals surface area (Å²) < 4.78 is 5.35. The molecule has 2 rings (SSSR count). The highest BCUT2D eigenvalue weighted by Gasteiger charge is 2.21. The van der Waals surface area contributed by atoms with Crippen LogP contribution in [0.4, 0.5) is 0 Å². The highest BCUT2D eigenvalue weighted by atomic mass is 35.5. The summed E-state index contributed by atoms with van der Waals surface area (Å²) in [6.45, 7) is 3.05. The van der Waals surface area contributed by atoms with Crippen LogP contribution < -0.4 is 10.1 Å². The molecule has 0 saturated heterocycles. The van der Waals surface area contributed by atoms with E-state index in [0.717, 1.165) is 28.4 Å². The minimum atomic E-state index is 0.0242. The molecule has 0 saturated carbocycles. The first-order chi connectivity index (χ1) is 9.27. The molecule has 0 aliphatic rings. The third-order valence-electron chi connectivity index (χ3n) is 2.81. The number of nitrogens with zero attached hydrogens (tertiary/aromatic N) is 1. The molecule has 2 aromatic rings. The van der Waals surface area contributed by atoms with Crippen molar-refractivity contribution in [3.63, 3.8) is 0 Å². The highest BCUT2D eigenvalue weighted by molar-refractivity contribution is 7.10. The van der Waals surface area contributed by atoms with Crippen LogP contribution in [-0.4, -0.2) is 18.6 Å². The Bertz CT molecular complexity index is 530. The van der Waals surface area contributed by atoms with Crippen LogP contribution in [0, 0.1) is 0 Å². The van der Waals surface area contributed by atoms with E-state index in [1.54, 1.807) is 24.6 Å². The van der Waals surface area contributed by atoms with Gasteiger partial charge in [0.25, 0.3) is 0 Å². The van der Waals surface area contributed by atoms with Crippen molar-refractivity contribution in [3.8, 4) is 5.88 Å². The van der Waals surface area contributed by atoms with Gasteiger partial charge in [0.2, 0.25) is 5.88 Å². The van der Waals surface area contributed by atoms with Crippen molar-refractivity contribution in [3.05, 3.63) is 45.2 Å². The summed E-state index contributed by atoms with van der Waals surface area (Å²) in [4.78, 5) is 5.36. The van der Waals surface area contributed by atoms with E-state index in [9.17, 15) is 0 Å². The third-order valence-corrected chi connectivity index (χ3v) is 4.23. The van der Waals surface area contributed by atoms with Crippen molar-refractivity contribution in [2.24, 2.45) is 0 Å². The van der Waals surface area contributed by atoms with E-state index < -0.39 is 0 Å². The van der Waals surface area contributed by atoms with Crippen molar-refractivity contribution in [1.29, 1.82) is 0 Å². The number of halogens is 1. The Morgan fingerprint density at radius 3 is 2.95 bits per heavy atom. The molecule has 0 radical (unpaired) electrons. The molecule has 1 N–H and O–H groups in total. The first-order valence-corrected chi connectivity index (χ1v) is 7.48. The van der Waals surface area contributed by atoms with E-state index >= 15 is 0 Å². The van der Waals surface area contributed by atoms with Gasteiger partial charge in [-0.15, -0.1) is 11.3 Å². The van der Waals surface area contributed by atoms with E-state index in [0.29, 0.717) is 5.88 Å². The number of methoxy groups -OCH3 is 1. The molecule has 1 unspecified atom stereocenters. The maximum Gasteiger partial charge on any atom is 0.218 e. The predicted octanol–water partition coefficient (Wildman–Crippen LogP) is 3.89. The summed E-state index contributed by atoms with van der Waals surface area (Å²) in [5.74, 6) is 0.639. The molecule has 0 bridgehead atoms. The Balaban J connectivity index is 2.40. The summed E-state index contributed by atoms with van der Waals surface area (Å²) in [6.07, 6.45) is 2.79. The zero-order chi connectivity index (χ0) is 13.7. The molecular weight excluding hydrogens is 280 g/mol. The quantitative estimate of drug-likeness (QED) is 0.878. The second-order valence-corrected chi connectivity index (χ2v) is 5.48. The Labute approximate surface area is 122 Å². The first kappa shape index (κ1) is 14.3. The van der Waals surface area contributed by atoms with Gasteiger partial charge in [0.05, 0.1) is 18.2 Å². The van der Waals surface area contributed by atoms with Gasteiger partial charge >= 0.3 is 0 Å². The summed E-state index contributed by atoms with van der Waals surface area (Å²) in [5.41, 5.74) is 1.02. The normalized spacial score (nSPS) is 12.4. The van der Waals surface area contributed by atoms with Crippen LogP contribution in [0.2, 0.25) is 5.02 Å². The zero-order valence-corrected chi connectivity index (χ0v) is 12.6.